The highest BCUT2D eigenvalue weighted by molar-refractivity contribution is 5.89. The zero-order valence-electron chi connectivity index (χ0n) is 21.7. The summed E-state index contributed by atoms with van der Waals surface area (Å²) in [6.45, 7) is -1.61. The first-order valence-corrected chi connectivity index (χ1v) is 12.9. The molecule has 5 rings (SSSR count). The lowest BCUT2D eigenvalue weighted by Crippen LogP contribution is -2.62. The number of aliphatic hydroxyl groups is 7. The Hall–Kier alpha value is -3.35. The number of fused-ring (bicyclic) bond motifs is 1. The third kappa shape index (κ3) is 5.20. The van der Waals surface area contributed by atoms with Crippen LogP contribution in [0.15, 0.2) is 45.6 Å². The van der Waals surface area contributed by atoms with Gasteiger partial charge in [-0.05, 0) is 24.3 Å². The van der Waals surface area contributed by atoms with Crippen LogP contribution in [0, 0.1) is 0 Å². The second-order valence-corrected chi connectivity index (χ2v) is 10.1. The van der Waals surface area contributed by atoms with E-state index in [1.54, 1.807) is 0 Å². The molecule has 3 aromatic rings. The van der Waals surface area contributed by atoms with Crippen LogP contribution in [0.2, 0.25) is 0 Å². The summed E-state index contributed by atoms with van der Waals surface area (Å²) >= 11 is 0. The SMILES string of the molecule is O=c1cc(-c2ccc(O)cc2)oc2c([C@@H]3OC(CO)[C@@H](O)[C@H](O)C3O[C@H]3OC(CO)[C@H](O)C(O)[C@@H]3O)c(O)cc(O)c12. The Balaban J connectivity index is 1.66. The molecule has 0 bridgehead atoms. The molecule has 0 aliphatic carbocycles. The summed E-state index contributed by atoms with van der Waals surface area (Å²) in [5, 5.41) is 103. The van der Waals surface area contributed by atoms with Crippen molar-refractivity contribution in [2.45, 2.75) is 61.2 Å². The lowest BCUT2D eigenvalue weighted by Gasteiger charge is -2.46. The van der Waals surface area contributed by atoms with Crippen LogP contribution in [0.5, 0.6) is 17.2 Å². The van der Waals surface area contributed by atoms with Crippen molar-refractivity contribution < 1.29 is 69.7 Å². The zero-order chi connectivity index (χ0) is 30.5. The molecule has 10 atom stereocenters. The van der Waals surface area contributed by atoms with Crippen LogP contribution in [0.3, 0.4) is 0 Å². The van der Waals surface area contributed by atoms with Gasteiger partial charge in [-0.1, -0.05) is 0 Å². The Morgan fingerprint density at radius 2 is 1.36 bits per heavy atom. The zero-order valence-corrected chi connectivity index (χ0v) is 21.7. The molecule has 0 radical (unpaired) electrons. The van der Waals surface area contributed by atoms with E-state index in [1.165, 1.54) is 24.3 Å². The first-order chi connectivity index (χ1) is 20.0. The molecule has 4 unspecified atom stereocenters. The van der Waals surface area contributed by atoms with Crippen LogP contribution in [0.25, 0.3) is 22.3 Å². The fourth-order valence-electron chi connectivity index (χ4n) is 5.17. The topological polar surface area (TPSA) is 260 Å². The number of hydrogen-bond donors (Lipinski definition) is 10. The predicted octanol–water partition coefficient (Wildman–Crippen LogP) is -2.08. The second-order valence-electron chi connectivity index (χ2n) is 10.1. The third-order valence-corrected chi connectivity index (χ3v) is 7.44. The maximum Gasteiger partial charge on any atom is 0.197 e. The molecule has 2 aliphatic rings. The van der Waals surface area contributed by atoms with E-state index in [2.05, 4.69) is 0 Å². The molecule has 2 aromatic carbocycles. The normalized spacial score (nSPS) is 33.6. The number of hydrogen-bond acceptors (Lipinski definition) is 15. The molecule has 10 N–H and O–H groups in total. The standard InChI is InChI=1S/C27H30O15/c28-7-15-20(35)22(37)26(42-27-23(38)21(36)19(34)16(8-29)41-27)25(40-15)18-12(32)5-11(31)17-13(33)6-14(39-24(17)18)9-1-3-10(30)4-2-9/h1-6,15-16,19-23,25-32,34-38H,7-8H2/t15?,16?,19-,20+,21?,22-,23-,25-,26?,27+/m0/s1. The molecule has 2 fully saturated rings. The number of aliphatic hydroxyl groups excluding tert-OH is 7. The Morgan fingerprint density at radius 1 is 0.738 bits per heavy atom. The van der Waals surface area contributed by atoms with E-state index in [-0.39, 0.29) is 17.1 Å². The van der Waals surface area contributed by atoms with Crippen LogP contribution in [0.4, 0.5) is 0 Å². The molecular weight excluding hydrogens is 564 g/mol. The Labute approximate surface area is 236 Å². The van der Waals surface area contributed by atoms with Crippen LogP contribution < -0.4 is 5.43 Å². The van der Waals surface area contributed by atoms with E-state index in [1.807, 2.05) is 0 Å². The fraction of sp³-hybridized carbons (Fsp3) is 0.444. The first kappa shape index (κ1) is 30.1. The van der Waals surface area contributed by atoms with E-state index in [9.17, 15) is 55.9 Å². The smallest absolute Gasteiger partial charge is 0.197 e. The molecule has 1 aromatic heterocycles. The van der Waals surface area contributed by atoms with Crippen molar-refractivity contribution in [3.05, 3.63) is 52.2 Å². The number of rotatable bonds is 6. The van der Waals surface area contributed by atoms with Gasteiger partial charge in [-0.3, -0.25) is 4.79 Å². The van der Waals surface area contributed by atoms with Gasteiger partial charge in [0.05, 0.1) is 18.8 Å². The number of ether oxygens (including phenoxy) is 3. The minimum absolute atomic E-state index is 0.0553. The highest BCUT2D eigenvalue weighted by Crippen LogP contribution is 2.45. The van der Waals surface area contributed by atoms with Crippen LogP contribution in [-0.2, 0) is 14.2 Å². The van der Waals surface area contributed by atoms with Gasteiger partial charge in [0.2, 0.25) is 0 Å². The lowest BCUT2D eigenvalue weighted by atomic mass is 9.89. The average Bonchev–Trinajstić information content (AvgIpc) is 2.96. The third-order valence-electron chi connectivity index (χ3n) is 7.44. The maximum atomic E-state index is 13.1. The molecule has 2 aliphatic heterocycles. The van der Waals surface area contributed by atoms with Gasteiger partial charge in [-0.25, -0.2) is 0 Å². The van der Waals surface area contributed by atoms with Crippen molar-refractivity contribution in [2.75, 3.05) is 13.2 Å². The van der Waals surface area contributed by atoms with Gasteiger partial charge in [0.15, 0.2) is 17.3 Å². The average molecular weight is 595 g/mol. The van der Waals surface area contributed by atoms with Gasteiger partial charge in [-0.15, -0.1) is 0 Å². The molecule has 15 heteroatoms. The first-order valence-electron chi connectivity index (χ1n) is 12.9. The fourth-order valence-corrected chi connectivity index (χ4v) is 5.17. The van der Waals surface area contributed by atoms with Crippen molar-refractivity contribution in [2.24, 2.45) is 0 Å². The highest BCUT2D eigenvalue weighted by atomic mass is 16.7. The highest BCUT2D eigenvalue weighted by Gasteiger charge is 2.52. The molecule has 15 nitrogen and oxygen atoms in total. The predicted molar refractivity (Wildman–Crippen MR) is 138 cm³/mol. The summed E-state index contributed by atoms with van der Waals surface area (Å²) < 4.78 is 22.9. The lowest BCUT2D eigenvalue weighted by molar-refractivity contribution is -0.342. The minimum atomic E-state index is -1.92. The van der Waals surface area contributed by atoms with Gasteiger partial charge in [0, 0.05) is 17.7 Å². The van der Waals surface area contributed by atoms with Crippen LogP contribution in [0.1, 0.15) is 11.7 Å². The Morgan fingerprint density at radius 3 is 2.00 bits per heavy atom. The summed E-state index contributed by atoms with van der Waals surface area (Å²) in [6, 6.07) is 7.41. The van der Waals surface area contributed by atoms with Gasteiger partial charge in [0.25, 0.3) is 0 Å². The van der Waals surface area contributed by atoms with Gasteiger partial charge >= 0.3 is 0 Å². The van der Waals surface area contributed by atoms with Crippen molar-refractivity contribution >= 4 is 11.0 Å². The molecule has 0 saturated carbocycles. The van der Waals surface area contributed by atoms with Crippen LogP contribution in [-0.4, -0.2) is 119 Å². The number of phenolic OH excluding ortho intramolecular Hbond substituents is 3. The minimum Gasteiger partial charge on any atom is -0.508 e. The quantitative estimate of drug-likeness (QED) is 0.147. The molecular formula is C27H30O15. The molecule has 2 saturated heterocycles. The van der Waals surface area contributed by atoms with Gasteiger partial charge < -0.3 is 69.7 Å². The van der Waals surface area contributed by atoms with E-state index in [0.29, 0.717) is 5.56 Å². The summed E-state index contributed by atoms with van der Waals surface area (Å²) in [5.41, 5.74) is -1.21. The van der Waals surface area contributed by atoms with E-state index in [4.69, 9.17) is 18.6 Å². The molecule has 42 heavy (non-hydrogen) atoms. The van der Waals surface area contributed by atoms with Crippen molar-refractivity contribution in [3.8, 4) is 28.6 Å². The Bertz CT molecular complexity index is 1470. The monoisotopic (exact) mass is 594 g/mol. The van der Waals surface area contributed by atoms with Gasteiger partial charge in [0.1, 0.15) is 83.3 Å². The van der Waals surface area contributed by atoms with Gasteiger partial charge in [-0.2, -0.15) is 0 Å². The molecule has 3 heterocycles. The largest absolute Gasteiger partial charge is 0.508 e. The summed E-state index contributed by atoms with van der Waals surface area (Å²) in [6.07, 6.45) is -17.3. The van der Waals surface area contributed by atoms with Crippen LogP contribution >= 0.6 is 0 Å². The Kier molecular flexibility index (Phi) is 8.41. The van der Waals surface area contributed by atoms with E-state index in [0.717, 1.165) is 12.1 Å². The van der Waals surface area contributed by atoms with E-state index < -0.39 is 102 Å². The number of aromatic hydroxyl groups is 3. The molecule has 0 amide bonds. The van der Waals surface area contributed by atoms with E-state index >= 15 is 0 Å². The van der Waals surface area contributed by atoms with Crippen molar-refractivity contribution in [3.63, 3.8) is 0 Å². The summed E-state index contributed by atoms with van der Waals surface area (Å²) in [4.78, 5) is 13.1. The second kappa shape index (κ2) is 11.7. The summed E-state index contributed by atoms with van der Waals surface area (Å²) in [7, 11) is 0. The van der Waals surface area contributed by atoms with Crippen molar-refractivity contribution in [1.29, 1.82) is 0 Å². The maximum absolute atomic E-state index is 13.1. The van der Waals surface area contributed by atoms with Crippen molar-refractivity contribution in [1.82, 2.24) is 0 Å². The molecule has 228 valence electrons. The number of benzene rings is 2. The number of phenols is 3. The molecule has 0 spiro atoms. The summed E-state index contributed by atoms with van der Waals surface area (Å²) in [5.74, 6) is -1.50.